The first-order valence-corrected chi connectivity index (χ1v) is 7.95. The normalized spacial score (nSPS) is 20.8. The average molecular weight is 247 g/mol. The summed E-state index contributed by atoms with van der Waals surface area (Å²) in [6, 6.07) is 6.95. The van der Waals surface area contributed by atoms with Crippen LogP contribution in [0.2, 0.25) is 0 Å². The highest BCUT2D eigenvalue weighted by molar-refractivity contribution is 8.00. The van der Waals surface area contributed by atoms with Gasteiger partial charge in [0.1, 0.15) is 0 Å². The van der Waals surface area contributed by atoms with E-state index < -0.39 is 0 Å². The van der Waals surface area contributed by atoms with E-state index in [1.165, 1.54) is 44.2 Å². The highest BCUT2D eigenvalue weighted by Crippen LogP contribution is 2.42. The van der Waals surface area contributed by atoms with Crippen LogP contribution in [-0.4, -0.2) is 17.5 Å². The minimum Gasteiger partial charge on any atom is -0.384 e. The Labute approximate surface area is 108 Å². The number of thioether (sulfide) groups is 1. The van der Waals surface area contributed by atoms with Gasteiger partial charge >= 0.3 is 0 Å². The van der Waals surface area contributed by atoms with Crippen LogP contribution < -0.4 is 5.32 Å². The summed E-state index contributed by atoms with van der Waals surface area (Å²) in [5.41, 5.74) is 4.46. The molecule has 3 rings (SSSR count). The molecule has 0 bridgehead atoms. The molecule has 1 nitrogen and oxygen atoms in total. The largest absolute Gasteiger partial charge is 0.384 e. The van der Waals surface area contributed by atoms with Crippen molar-refractivity contribution < 1.29 is 0 Å². The van der Waals surface area contributed by atoms with Crippen LogP contribution in [0.25, 0.3) is 0 Å². The Bertz CT molecular complexity index is 404. The zero-order chi connectivity index (χ0) is 11.7. The van der Waals surface area contributed by atoms with Gasteiger partial charge in [-0.3, -0.25) is 0 Å². The van der Waals surface area contributed by atoms with E-state index >= 15 is 0 Å². The molecule has 2 aliphatic carbocycles. The molecule has 2 aliphatic rings. The van der Waals surface area contributed by atoms with Gasteiger partial charge in [-0.15, -0.1) is 0 Å². The van der Waals surface area contributed by atoms with E-state index in [2.05, 4.69) is 29.8 Å². The van der Waals surface area contributed by atoms with Crippen molar-refractivity contribution in [3.8, 4) is 0 Å². The van der Waals surface area contributed by atoms with Crippen molar-refractivity contribution in [2.45, 2.75) is 43.3 Å². The molecule has 0 spiro atoms. The lowest BCUT2D eigenvalue weighted by atomic mass is 9.84. The number of hydrogen-bond donors (Lipinski definition) is 1. The van der Waals surface area contributed by atoms with Crippen LogP contribution in [0, 0.1) is 0 Å². The standard InChI is InChI=1S/C15H21NS/c1-17-15(8-3-9-15)11-16-14-7-6-12-4-2-5-13(12)10-14/h6-7,10,16H,2-5,8-9,11H2,1H3. The number of rotatable bonds is 4. The van der Waals surface area contributed by atoms with Gasteiger partial charge < -0.3 is 5.32 Å². The summed E-state index contributed by atoms with van der Waals surface area (Å²) in [7, 11) is 0. The maximum atomic E-state index is 3.65. The minimum atomic E-state index is 0.527. The molecule has 1 aromatic rings. The zero-order valence-corrected chi connectivity index (χ0v) is 11.4. The molecule has 0 aromatic heterocycles. The molecule has 0 heterocycles. The molecule has 2 heteroatoms. The summed E-state index contributed by atoms with van der Waals surface area (Å²) in [4.78, 5) is 0. The molecule has 0 saturated heterocycles. The van der Waals surface area contributed by atoms with Crippen molar-refractivity contribution in [3.63, 3.8) is 0 Å². The zero-order valence-electron chi connectivity index (χ0n) is 10.6. The quantitative estimate of drug-likeness (QED) is 0.866. The Morgan fingerprint density at radius 3 is 2.71 bits per heavy atom. The lowest BCUT2D eigenvalue weighted by Crippen LogP contribution is -2.40. The predicted octanol–water partition coefficient (Wildman–Crippen LogP) is 3.87. The van der Waals surface area contributed by atoms with Crippen LogP contribution in [0.15, 0.2) is 18.2 Å². The third-order valence-corrected chi connectivity index (χ3v) is 5.83. The van der Waals surface area contributed by atoms with E-state index in [0.29, 0.717) is 4.75 Å². The predicted molar refractivity (Wildman–Crippen MR) is 77.1 cm³/mol. The number of benzene rings is 1. The van der Waals surface area contributed by atoms with Gasteiger partial charge in [-0.25, -0.2) is 0 Å². The summed E-state index contributed by atoms with van der Waals surface area (Å²) in [5.74, 6) is 0. The monoisotopic (exact) mass is 247 g/mol. The third-order valence-electron chi connectivity index (χ3n) is 4.41. The summed E-state index contributed by atoms with van der Waals surface area (Å²) < 4.78 is 0.527. The molecule has 0 unspecified atom stereocenters. The van der Waals surface area contributed by atoms with Gasteiger partial charge in [0.25, 0.3) is 0 Å². The summed E-state index contributed by atoms with van der Waals surface area (Å²) in [5, 5.41) is 3.65. The second-order valence-electron chi connectivity index (χ2n) is 5.43. The van der Waals surface area contributed by atoms with Crippen LogP contribution >= 0.6 is 11.8 Å². The SMILES string of the molecule is CSC1(CNc2ccc3c(c2)CCC3)CCC1. The number of hydrogen-bond acceptors (Lipinski definition) is 2. The minimum absolute atomic E-state index is 0.527. The van der Waals surface area contributed by atoms with Crippen molar-refractivity contribution in [1.82, 2.24) is 0 Å². The highest BCUT2D eigenvalue weighted by atomic mass is 32.2. The molecule has 0 radical (unpaired) electrons. The molecule has 1 fully saturated rings. The molecule has 17 heavy (non-hydrogen) atoms. The molecular formula is C15H21NS. The fourth-order valence-electron chi connectivity index (χ4n) is 2.97. The van der Waals surface area contributed by atoms with Gasteiger partial charge in [0.2, 0.25) is 0 Å². The van der Waals surface area contributed by atoms with Crippen molar-refractivity contribution in [2.24, 2.45) is 0 Å². The number of nitrogens with one attached hydrogen (secondary N) is 1. The van der Waals surface area contributed by atoms with E-state index in [-0.39, 0.29) is 0 Å². The summed E-state index contributed by atoms with van der Waals surface area (Å²) in [6.07, 6.45) is 10.3. The molecule has 1 saturated carbocycles. The average Bonchev–Trinajstić information content (AvgIpc) is 2.75. The van der Waals surface area contributed by atoms with Crippen molar-refractivity contribution >= 4 is 17.4 Å². The first kappa shape index (κ1) is 11.5. The number of fused-ring (bicyclic) bond motifs is 1. The number of aryl methyl sites for hydroxylation is 2. The van der Waals surface area contributed by atoms with Gasteiger partial charge in [0.05, 0.1) is 0 Å². The summed E-state index contributed by atoms with van der Waals surface area (Å²) in [6.45, 7) is 1.13. The van der Waals surface area contributed by atoms with Crippen molar-refractivity contribution in [2.75, 3.05) is 18.1 Å². The molecule has 0 atom stereocenters. The van der Waals surface area contributed by atoms with Gasteiger partial charge in [-0.05, 0) is 61.6 Å². The van der Waals surface area contributed by atoms with E-state index in [4.69, 9.17) is 0 Å². The topological polar surface area (TPSA) is 12.0 Å². The van der Waals surface area contributed by atoms with Gasteiger partial charge in [0.15, 0.2) is 0 Å². The van der Waals surface area contributed by atoms with E-state index in [0.717, 1.165) is 6.54 Å². The fourth-order valence-corrected chi connectivity index (χ4v) is 3.88. The Balaban J connectivity index is 1.65. The smallest absolute Gasteiger partial charge is 0.0343 e. The third kappa shape index (κ3) is 2.20. The first-order chi connectivity index (χ1) is 8.31. The molecule has 1 aromatic carbocycles. The lowest BCUT2D eigenvalue weighted by molar-refractivity contribution is 0.380. The van der Waals surface area contributed by atoms with Gasteiger partial charge in [-0.1, -0.05) is 12.5 Å². The van der Waals surface area contributed by atoms with Crippen molar-refractivity contribution in [3.05, 3.63) is 29.3 Å². The van der Waals surface area contributed by atoms with E-state index in [1.807, 2.05) is 11.8 Å². The molecule has 1 N–H and O–H groups in total. The maximum Gasteiger partial charge on any atom is 0.0343 e. The molecule has 0 amide bonds. The fraction of sp³-hybridized carbons (Fsp3) is 0.600. The Morgan fingerprint density at radius 1 is 1.18 bits per heavy atom. The Kier molecular flexibility index (Phi) is 3.08. The molecule has 0 aliphatic heterocycles. The molecular weight excluding hydrogens is 226 g/mol. The van der Waals surface area contributed by atoms with Crippen molar-refractivity contribution in [1.29, 1.82) is 0 Å². The highest BCUT2D eigenvalue weighted by Gasteiger charge is 2.35. The van der Waals surface area contributed by atoms with Gasteiger partial charge in [-0.2, -0.15) is 11.8 Å². The summed E-state index contributed by atoms with van der Waals surface area (Å²) >= 11 is 2.04. The lowest BCUT2D eigenvalue weighted by Gasteiger charge is -2.40. The van der Waals surface area contributed by atoms with Gasteiger partial charge in [0, 0.05) is 17.0 Å². The van der Waals surface area contributed by atoms with Crippen LogP contribution in [0.3, 0.4) is 0 Å². The molecule has 92 valence electrons. The Morgan fingerprint density at radius 2 is 2.00 bits per heavy atom. The van der Waals surface area contributed by atoms with E-state index in [1.54, 1.807) is 11.1 Å². The second kappa shape index (κ2) is 4.56. The number of anilines is 1. The van der Waals surface area contributed by atoms with E-state index in [9.17, 15) is 0 Å². The van der Waals surface area contributed by atoms with Crippen LogP contribution in [0.1, 0.15) is 36.8 Å². The maximum absolute atomic E-state index is 3.65. The van der Waals surface area contributed by atoms with Crippen LogP contribution in [-0.2, 0) is 12.8 Å². The Hall–Kier alpha value is -0.630. The van der Waals surface area contributed by atoms with Crippen LogP contribution in [0.5, 0.6) is 0 Å². The first-order valence-electron chi connectivity index (χ1n) is 6.72. The van der Waals surface area contributed by atoms with Crippen LogP contribution in [0.4, 0.5) is 5.69 Å². The second-order valence-corrected chi connectivity index (χ2v) is 6.71.